The van der Waals surface area contributed by atoms with Crippen LogP contribution in [0.5, 0.6) is 0 Å². The van der Waals surface area contributed by atoms with E-state index >= 15 is 0 Å². The van der Waals surface area contributed by atoms with E-state index in [0.717, 1.165) is 17.9 Å². The SMILES string of the molecule is C=C(CSCc1ccncc1)/C(=C/CCCC)CC. The summed E-state index contributed by atoms with van der Waals surface area (Å²) in [6, 6.07) is 4.15. The van der Waals surface area contributed by atoms with Crippen LogP contribution in [0.4, 0.5) is 0 Å². The van der Waals surface area contributed by atoms with Gasteiger partial charge in [-0.05, 0) is 41.7 Å². The van der Waals surface area contributed by atoms with E-state index in [4.69, 9.17) is 0 Å². The standard InChI is InChI=1S/C17H25NS/c1-4-6-7-8-17(5-2)15(3)13-19-14-16-9-11-18-12-10-16/h8-12H,3-7,13-14H2,1-2H3/b17-8+. The highest BCUT2D eigenvalue weighted by molar-refractivity contribution is 7.98. The van der Waals surface area contributed by atoms with Crippen LogP contribution in [-0.4, -0.2) is 10.7 Å². The number of aromatic nitrogens is 1. The summed E-state index contributed by atoms with van der Waals surface area (Å²) in [4.78, 5) is 4.04. The summed E-state index contributed by atoms with van der Waals surface area (Å²) in [5.74, 6) is 2.06. The molecule has 0 fully saturated rings. The van der Waals surface area contributed by atoms with Gasteiger partial charge in [-0.15, -0.1) is 0 Å². The molecule has 0 aliphatic rings. The highest BCUT2D eigenvalue weighted by Gasteiger charge is 2.01. The van der Waals surface area contributed by atoms with Crippen molar-refractivity contribution in [3.05, 3.63) is 53.9 Å². The molecule has 0 saturated carbocycles. The topological polar surface area (TPSA) is 12.9 Å². The number of hydrogen-bond acceptors (Lipinski definition) is 2. The van der Waals surface area contributed by atoms with Crippen LogP contribution in [-0.2, 0) is 5.75 Å². The summed E-state index contributed by atoms with van der Waals surface area (Å²) < 4.78 is 0. The summed E-state index contributed by atoms with van der Waals surface area (Å²) in [5.41, 5.74) is 4.06. The average Bonchev–Trinajstić information content (AvgIpc) is 2.44. The Hall–Kier alpha value is -1.02. The fraction of sp³-hybridized carbons (Fsp3) is 0.471. The van der Waals surface area contributed by atoms with Crippen molar-refractivity contribution in [2.75, 3.05) is 5.75 Å². The van der Waals surface area contributed by atoms with Crippen molar-refractivity contribution in [3.8, 4) is 0 Å². The fourth-order valence-corrected chi connectivity index (χ4v) is 2.84. The molecule has 0 amide bonds. The van der Waals surface area contributed by atoms with E-state index in [1.165, 1.54) is 36.0 Å². The van der Waals surface area contributed by atoms with E-state index < -0.39 is 0 Å². The highest BCUT2D eigenvalue weighted by atomic mass is 32.2. The maximum Gasteiger partial charge on any atom is 0.0270 e. The second kappa shape index (κ2) is 9.85. The Morgan fingerprint density at radius 1 is 1.32 bits per heavy atom. The van der Waals surface area contributed by atoms with Crippen LogP contribution in [0.25, 0.3) is 0 Å². The first kappa shape index (κ1) is 16.0. The van der Waals surface area contributed by atoms with Crippen molar-refractivity contribution in [2.24, 2.45) is 0 Å². The van der Waals surface area contributed by atoms with Gasteiger partial charge in [0.05, 0.1) is 0 Å². The Kier molecular flexibility index (Phi) is 8.31. The summed E-state index contributed by atoms with van der Waals surface area (Å²) in [7, 11) is 0. The van der Waals surface area contributed by atoms with Gasteiger partial charge in [-0.2, -0.15) is 11.8 Å². The summed E-state index contributed by atoms with van der Waals surface area (Å²) in [5, 5.41) is 0. The molecule has 1 aromatic rings. The quantitative estimate of drug-likeness (QED) is 0.442. The fourth-order valence-electron chi connectivity index (χ4n) is 1.88. The molecular formula is C17H25NS. The molecular weight excluding hydrogens is 250 g/mol. The molecule has 0 aliphatic carbocycles. The van der Waals surface area contributed by atoms with E-state index in [2.05, 4.69) is 43.6 Å². The molecule has 104 valence electrons. The maximum absolute atomic E-state index is 4.23. The zero-order valence-electron chi connectivity index (χ0n) is 12.2. The van der Waals surface area contributed by atoms with Crippen molar-refractivity contribution in [2.45, 2.75) is 45.3 Å². The molecule has 0 spiro atoms. The zero-order chi connectivity index (χ0) is 13.9. The third kappa shape index (κ3) is 6.63. The lowest BCUT2D eigenvalue weighted by Crippen LogP contribution is -1.92. The van der Waals surface area contributed by atoms with Crippen LogP contribution < -0.4 is 0 Å². The van der Waals surface area contributed by atoms with Gasteiger partial charge in [0.15, 0.2) is 0 Å². The van der Waals surface area contributed by atoms with Crippen molar-refractivity contribution >= 4 is 11.8 Å². The predicted molar refractivity (Wildman–Crippen MR) is 87.4 cm³/mol. The molecule has 0 aromatic carbocycles. The minimum Gasteiger partial charge on any atom is -0.265 e. The van der Waals surface area contributed by atoms with Crippen LogP contribution >= 0.6 is 11.8 Å². The number of nitrogens with zero attached hydrogens (tertiary/aromatic N) is 1. The van der Waals surface area contributed by atoms with Crippen LogP contribution in [0.15, 0.2) is 48.3 Å². The lowest BCUT2D eigenvalue weighted by molar-refractivity contribution is 0.808. The Morgan fingerprint density at radius 2 is 2.05 bits per heavy atom. The lowest BCUT2D eigenvalue weighted by Gasteiger charge is -2.09. The van der Waals surface area contributed by atoms with Gasteiger partial charge in [-0.3, -0.25) is 4.98 Å². The molecule has 0 atom stereocenters. The van der Waals surface area contributed by atoms with Gasteiger partial charge in [-0.1, -0.05) is 39.3 Å². The van der Waals surface area contributed by atoms with Gasteiger partial charge in [0, 0.05) is 23.9 Å². The molecule has 0 N–H and O–H groups in total. The van der Waals surface area contributed by atoms with Crippen LogP contribution in [0.3, 0.4) is 0 Å². The van der Waals surface area contributed by atoms with E-state index in [9.17, 15) is 0 Å². The molecule has 19 heavy (non-hydrogen) atoms. The largest absolute Gasteiger partial charge is 0.265 e. The number of rotatable bonds is 9. The monoisotopic (exact) mass is 275 g/mol. The minimum atomic E-state index is 1.02. The second-order valence-electron chi connectivity index (χ2n) is 4.68. The Labute approximate surface area is 122 Å². The summed E-state index contributed by atoms with van der Waals surface area (Å²) in [6.45, 7) is 8.69. The molecule has 1 rings (SSSR count). The first-order chi connectivity index (χ1) is 9.27. The first-order valence-corrected chi connectivity index (χ1v) is 8.27. The molecule has 1 aromatic heterocycles. The number of pyridine rings is 1. The molecule has 0 radical (unpaired) electrons. The van der Waals surface area contributed by atoms with Crippen LogP contribution in [0.1, 0.15) is 45.1 Å². The maximum atomic E-state index is 4.23. The van der Waals surface area contributed by atoms with Gasteiger partial charge in [0.25, 0.3) is 0 Å². The third-order valence-electron chi connectivity index (χ3n) is 3.08. The average molecular weight is 275 g/mol. The van der Waals surface area contributed by atoms with E-state index in [0.29, 0.717) is 0 Å². The molecule has 1 heterocycles. The van der Waals surface area contributed by atoms with Gasteiger partial charge in [0.1, 0.15) is 0 Å². The second-order valence-corrected chi connectivity index (χ2v) is 5.66. The van der Waals surface area contributed by atoms with Crippen molar-refractivity contribution in [3.63, 3.8) is 0 Å². The zero-order valence-corrected chi connectivity index (χ0v) is 13.0. The number of hydrogen-bond donors (Lipinski definition) is 0. The van der Waals surface area contributed by atoms with Crippen LogP contribution in [0.2, 0.25) is 0 Å². The van der Waals surface area contributed by atoms with Gasteiger partial charge < -0.3 is 0 Å². The lowest BCUT2D eigenvalue weighted by atomic mass is 10.0. The van der Waals surface area contributed by atoms with Crippen molar-refractivity contribution < 1.29 is 0 Å². The summed E-state index contributed by atoms with van der Waals surface area (Å²) >= 11 is 1.93. The minimum absolute atomic E-state index is 1.02. The van der Waals surface area contributed by atoms with Gasteiger partial charge >= 0.3 is 0 Å². The predicted octanol–water partition coefficient (Wildman–Crippen LogP) is 5.40. The Bertz CT molecular complexity index is 395. The molecule has 0 bridgehead atoms. The number of allylic oxidation sites excluding steroid dienone is 2. The van der Waals surface area contributed by atoms with E-state index in [1.807, 2.05) is 24.2 Å². The van der Waals surface area contributed by atoms with Crippen molar-refractivity contribution in [1.82, 2.24) is 4.98 Å². The Balaban J connectivity index is 2.34. The molecule has 0 aliphatic heterocycles. The molecule has 2 heteroatoms. The van der Waals surface area contributed by atoms with Crippen LogP contribution in [0, 0.1) is 0 Å². The number of thioether (sulfide) groups is 1. The normalized spacial score (nSPS) is 11.6. The summed E-state index contributed by atoms with van der Waals surface area (Å²) in [6.07, 6.45) is 10.9. The Morgan fingerprint density at radius 3 is 2.68 bits per heavy atom. The molecule has 0 unspecified atom stereocenters. The number of unbranched alkanes of at least 4 members (excludes halogenated alkanes) is 2. The first-order valence-electron chi connectivity index (χ1n) is 7.11. The van der Waals surface area contributed by atoms with Gasteiger partial charge in [0.2, 0.25) is 0 Å². The third-order valence-corrected chi connectivity index (χ3v) is 4.17. The molecule has 0 saturated heterocycles. The van der Waals surface area contributed by atoms with Gasteiger partial charge in [-0.25, -0.2) is 0 Å². The van der Waals surface area contributed by atoms with E-state index in [1.54, 1.807) is 0 Å². The van der Waals surface area contributed by atoms with Crippen molar-refractivity contribution in [1.29, 1.82) is 0 Å². The van der Waals surface area contributed by atoms with E-state index in [-0.39, 0.29) is 0 Å². The smallest absolute Gasteiger partial charge is 0.0270 e. The highest BCUT2D eigenvalue weighted by Crippen LogP contribution is 2.21. The molecule has 1 nitrogen and oxygen atoms in total.